The van der Waals surface area contributed by atoms with Gasteiger partial charge in [-0.05, 0) is 31.2 Å². The third-order valence-corrected chi connectivity index (χ3v) is 3.18. The Morgan fingerprint density at radius 3 is 2.70 bits per heavy atom. The number of carbonyl (C=O) groups is 2. The Morgan fingerprint density at radius 1 is 1.40 bits per heavy atom. The van der Waals surface area contributed by atoms with Gasteiger partial charge in [-0.2, -0.15) is 0 Å². The molecular weight excluding hydrogens is 258 g/mol. The smallest absolute Gasteiger partial charge is 0.315 e. The first kappa shape index (κ1) is 14.2. The van der Waals surface area contributed by atoms with Crippen LogP contribution in [0.1, 0.15) is 13.3 Å². The lowest BCUT2D eigenvalue weighted by atomic mass is 10.2. The number of hydrogen-bond acceptors (Lipinski definition) is 3. The summed E-state index contributed by atoms with van der Waals surface area (Å²) in [6, 6.07) is 6.91. The summed E-state index contributed by atoms with van der Waals surface area (Å²) >= 11 is 0. The lowest BCUT2D eigenvalue weighted by Crippen LogP contribution is -2.43. The highest BCUT2D eigenvalue weighted by Gasteiger charge is 2.31. The molecule has 6 heteroatoms. The molecule has 0 aromatic heterocycles. The molecule has 0 unspecified atom stereocenters. The standard InChI is InChI=1S/C14H19N3O3/c1-3-15-14(19)16-10-8-13(18)17(9-10)11-4-6-12(20-2)7-5-11/h4-7,10H,3,8-9H2,1-2H3,(H2,15,16,19)/t10-/m1/s1. The van der Waals surface area contributed by atoms with Gasteiger partial charge in [0.05, 0.1) is 13.2 Å². The van der Waals surface area contributed by atoms with Crippen LogP contribution in [0.4, 0.5) is 10.5 Å². The average molecular weight is 277 g/mol. The number of rotatable bonds is 4. The average Bonchev–Trinajstić information content (AvgIpc) is 2.80. The maximum absolute atomic E-state index is 12.0. The van der Waals surface area contributed by atoms with Crippen molar-refractivity contribution >= 4 is 17.6 Å². The van der Waals surface area contributed by atoms with Crippen LogP contribution in [0.5, 0.6) is 5.75 Å². The largest absolute Gasteiger partial charge is 0.497 e. The molecule has 108 valence electrons. The first-order valence-electron chi connectivity index (χ1n) is 6.62. The Kier molecular flexibility index (Phi) is 4.45. The summed E-state index contributed by atoms with van der Waals surface area (Å²) in [6.07, 6.45) is 0.323. The van der Waals surface area contributed by atoms with E-state index in [9.17, 15) is 9.59 Å². The van der Waals surface area contributed by atoms with Crippen LogP contribution in [-0.2, 0) is 4.79 Å². The van der Waals surface area contributed by atoms with Gasteiger partial charge in [-0.15, -0.1) is 0 Å². The molecule has 2 N–H and O–H groups in total. The molecule has 0 spiro atoms. The van der Waals surface area contributed by atoms with Gasteiger partial charge in [0.2, 0.25) is 5.91 Å². The van der Waals surface area contributed by atoms with Crippen LogP contribution >= 0.6 is 0 Å². The quantitative estimate of drug-likeness (QED) is 0.866. The number of nitrogens with zero attached hydrogens (tertiary/aromatic N) is 1. The third kappa shape index (κ3) is 3.20. The van der Waals surface area contributed by atoms with Crippen molar-refractivity contribution in [3.63, 3.8) is 0 Å². The molecule has 1 aromatic rings. The molecule has 0 saturated carbocycles. The second-order valence-corrected chi connectivity index (χ2v) is 4.61. The summed E-state index contributed by atoms with van der Waals surface area (Å²) in [6.45, 7) is 2.90. The zero-order chi connectivity index (χ0) is 14.5. The number of ether oxygens (including phenoxy) is 1. The lowest BCUT2D eigenvalue weighted by molar-refractivity contribution is -0.117. The number of nitrogens with one attached hydrogen (secondary N) is 2. The molecular formula is C14H19N3O3. The summed E-state index contributed by atoms with van der Waals surface area (Å²) in [7, 11) is 1.60. The fourth-order valence-corrected chi connectivity index (χ4v) is 2.21. The van der Waals surface area contributed by atoms with Crippen LogP contribution in [0.3, 0.4) is 0 Å². The summed E-state index contributed by atoms with van der Waals surface area (Å²) in [5.41, 5.74) is 0.816. The van der Waals surface area contributed by atoms with Crippen molar-refractivity contribution in [2.24, 2.45) is 0 Å². The van der Waals surface area contributed by atoms with Crippen LogP contribution in [0, 0.1) is 0 Å². The molecule has 3 amide bonds. The van der Waals surface area contributed by atoms with E-state index < -0.39 is 0 Å². The molecule has 1 aliphatic heterocycles. The molecule has 1 saturated heterocycles. The van der Waals surface area contributed by atoms with Crippen molar-refractivity contribution < 1.29 is 14.3 Å². The highest BCUT2D eigenvalue weighted by atomic mass is 16.5. The molecule has 1 fully saturated rings. The molecule has 1 aliphatic rings. The van der Waals surface area contributed by atoms with E-state index >= 15 is 0 Å². The molecule has 1 heterocycles. The maximum atomic E-state index is 12.0. The second-order valence-electron chi connectivity index (χ2n) is 4.61. The van der Waals surface area contributed by atoms with Gasteiger partial charge >= 0.3 is 6.03 Å². The predicted octanol–water partition coefficient (Wildman–Crippen LogP) is 1.12. The van der Waals surface area contributed by atoms with Gasteiger partial charge in [0.25, 0.3) is 0 Å². The first-order chi connectivity index (χ1) is 9.63. The Bertz CT molecular complexity index is 487. The normalized spacial score (nSPS) is 18.0. The van der Waals surface area contributed by atoms with Gasteiger partial charge in [-0.25, -0.2) is 4.79 Å². The van der Waals surface area contributed by atoms with E-state index in [1.165, 1.54) is 0 Å². The number of hydrogen-bond donors (Lipinski definition) is 2. The molecule has 0 bridgehead atoms. The Labute approximate surface area is 118 Å². The Balaban J connectivity index is 1.99. The summed E-state index contributed by atoms with van der Waals surface area (Å²) < 4.78 is 5.09. The maximum Gasteiger partial charge on any atom is 0.315 e. The van der Waals surface area contributed by atoms with E-state index in [0.717, 1.165) is 11.4 Å². The minimum Gasteiger partial charge on any atom is -0.497 e. The number of amides is 3. The van der Waals surface area contributed by atoms with Gasteiger partial charge in [-0.3, -0.25) is 4.79 Å². The zero-order valence-corrected chi connectivity index (χ0v) is 11.7. The molecule has 6 nitrogen and oxygen atoms in total. The predicted molar refractivity (Wildman–Crippen MR) is 76.0 cm³/mol. The van der Waals surface area contributed by atoms with Crippen molar-refractivity contribution in [1.29, 1.82) is 0 Å². The highest BCUT2D eigenvalue weighted by Crippen LogP contribution is 2.23. The fraction of sp³-hybridized carbons (Fsp3) is 0.429. The van der Waals surface area contributed by atoms with Crippen LogP contribution in [0.15, 0.2) is 24.3 Å². The number of urea groups is 1. The molecule has 0 aliphatic carbocycles. The molecule has 20 heavy (non-hydrogen) atoms. The van der Waals surface area contributed by atoms with Crippen molar-refractivity contribution in [2.45, 2.75) is 19.4 Å². The van der Waals surface area contributed by atoms with Crippen LogP contribution in [-0.4, -0.2) is 38.2 Å². The minimum atomic E-state index is -0.234. The monoisotopic (exact) mass is 277 g/mol. The lowest BCUT2D eigenvalue weighted by Gasteiger charge is -2.17. The number of benzene rings is 1. The minimum absolute atomic E-state index is 0.0111. The van der Waals surface area contributed by atoms with Gasteiger partial charge in [0.1, 0.15) is 5.75 Å². The molecule has 0 radical (unpaired) electrons. The highest BCUT2D eigenvalue weighted by molar-refractivity contribution is 5.96. The molecule has 2 rings (SSSR count). The van der Waals surface area contributed by atoms with Crippen LogP contribution in [0.25, 0.3) is 0 Å². The van der Waals surface area contributed by atoms with E-state index in [1.807, 2.05) is 31.2 Å². The van der Waals surface area contributed by atoms with Crippen molar-refractivity contribution in [3.05, 3.63) is 24.3 Å². The number of carbonyl (C=O) groups excluding carboxylic acids is 2. The SMILES string of the molecule is CCNC(=O)N[C@@H]1CC(=O)N(c2ccc(OC)cc2)C1. The van der Waals surface area contributed by atoms with Crippen LogP contribution in [0.2, 0.25) is 0 Å². The summed E-state index contributed by atoms with van der Waals surface area (Å²) in [5.74, 6) is 0.759. The molecule has 1 aromatic carbocycles. The Hall–Kier alpha value is -2.24. The van der Waals surface area contributed by atoms with Crippen molar-refractivity contribution in [2.75, 3.05) is 25.1 Å². The second kappa shape index (κ2) is 6.27. The van der Waals surface area contributed by atoms with Gasteiger partial charge in [-0.1, -0.05) is 0 Å². The van der Waals surface area contributed by atoms with Crippen LogP contribution < -0.4 is 20.3 Å². The van der Waals surface area contributed by atoms with Crippen molar-refractivity contribution in [1.82, 2.24) is 10.6 Å². The molecule has 1 atom stereocenters. The van der Waals surface area contributed by atoms with E-state index in [1.54, 1.807) is 12.0 Å². The van der Waals surface area contributed by atoms with E-state index in [2.05, 4.69) is 10.6 Å². The van der Waals surface area contributed by atoms with E-state index in [-0.39, 0.29) is 18.0 Å². The number of methoxy groups -OCH3 is 1. The summed E-state index contributed by atoms with van der Waals surface area (Å²) in [5, 5.41) is 5.46. The zero-order valence-electron chi connectivity index (χ0n) is 11.7. The van der Waals surface area contributed by atoms with Crippen molar-refractivity contribution in [3.8, 4) is 5.75 Å². The topological polar surface area (TPSA) is 70.7 Å². The van der Waals surface area contributed by atoms with Gasteiger partial charge < -0.3 is 20.3 Å². The number of anilines is 1. The van der Waals surface area contributed by atoms with E-state index in [4.69, 9.17) is 4.74 Å². The van der Waals surface area contributed by atoms with Gasteiger partial charge in [0.15, 0.2) is 0 Å². The van der Waals surface area contributed by atoms with E-state index in [0.29, 0.717) is 19.5 Å². The Morgan fingerprint density at radius 2 is 2.10 bits per heavy atom. The van der Waals surface area contributed by atoms with Gasteiger partial charge in [0, 0.05) is 25.2 Å². The fourth-order valence-electron chi connectivity index (χ4n) is 2.21. The third-order valence-electron chi connectivity index (χ3n) is 3.18. The first-order valence-corrected chi connectivity index (χ1v) is 6.62. The summed E-state index contributed by atoms with van der Waals surface area (Å²) in [4.78, 5) is 25.1.